The van der Waals surface area contributed by atoms with Crippen molar-refractivity contribution < 1.29 is 52.9 Å². The Morgan fingerprint density at radius 2 is 0.985 bits per heavy atom. The number of ether oxygens (including phenoxy) is 2. The van der Waals surface area contributed by atoms with Gasteiger partial charge in [-0.3, -0.25) is 24.0 Å². The molecule has 0 aliphatic carbocycles. The molecule has 0 saturated heterocycles. The number of Topliss-reactive ketones (excluding diaryl/α,β-unsaturated/α-hetero) is 1. The lowest BCUT2D eigenvalue weighted by Gasteiger charge is -2.25. The number of carboxylic acid groups (broad SMARTS) is 1. The Morgan fingerprint density at radius 3 is 1.37 bits per heavy atom. The summed E-state index contributed by atoms with van der Waals surface area (Å²) in [6, 6.07) is 18.1. The molecular formula is C48H68N8O11. The third-order valence-electron chi connectivity index (χ3n) is 9.68. The van der Waals surface area contributed by atoms with Crippen molar-refractivity contribution in [1.82, 2.24) is 26.3 Å². The summed E-state index contributed by atoms with van der Waals surface area (Å²) in [4.78, 5) is 102. The number of benzene rings is 2. The van der Waals surface area contributed by atoms with E-state index in [4.69, 9.17) is 26.7 Å². The second-order valence-corrected chi connectivity index (χ2v) is 17.9. The Labute approximate surface area is 392 Å². The number of anilines is 1. The smallest absolute Gasteiger partial charge is 0.408 e. The number of pyridine rings is 1. The Morgan fingerprint density at radius 1 is 0.567 bits per heavy atom. The van der Waals surface area contributed by atoms with Crippen molar-refractivity contribution in [3.05, 3.63) is 95.2 Å². The number of nitrogens with one attached hydrogen (secondary N) is 4. The van der Waals surface area contributed by atoms with Gasteiger partial charge in [-0.15, -0.1) is 0 Å². The van der Waals surface area contributed by atoms with Crippen LogP contribution in [-0.2, 0) is 57.5 Å². The van der Waals surface area contributed by atoms with E-state index in [1.165, 1.54) is 0 Å². The molecule has 0 unspecified atom stereocenters. The van der Waals surface area contributed by atoms with E-state index in [1.54, 1.807) is 47.6 Å². The molecule has 3 aromatic rings. The fraction of sp³-hybridized carbons (Fsp3) is 0.479. The van der Waals surface area contributed by atoms with E-state index < -0.39 is 77.2 Å². The van der Waals surface area contributed by atoms with Gasteiger partial charge in [0.2, 0.25) is 23.6 Å². The van der Waals surface area contributed by atoms with Gasteiger partial charge in [-0.2, -0.15) is 0 Å². The molecule has 0 spiro atoms. The Balaban J connectivity index is 0.000000478. The van der Waals surface area contributed by atoms with E-state index in [1.807, 2.05) is 73.7 Å². The number of rotatable bonds is 23. The predicted octanol–water partition coefficient (Wildman–Crippen LogP) is 4.10. The maximum absolute atomic E-state index is 13.3. The molecule has 0 bridgehead atoms. The van der Waals surface area contributed by atoms with Crippen LogP contribution >= 0.6 is 0 Å². The molecule has 3 rings (SSSR count). The highest BCUT2D eigenvalue weighted by Crippen LogP contribution is 2.15. The van der Waals surface area contributed by atoms with E-state index in [-0.39, 0.29) is 50.7 Å². The van der Waals surface area contributed by atoms with Crippen molar-refractivity contribution in [3.63, 3.8) is 0 Å². The molecular weight excluding hydrogens is 865 g/mol. The van der Waals surface area contributed by atoms with Crippen LogP contribution in [0.1, 0.15) is 109 Å². The number of nitrogen functional groups attached to an aromatic ring is 1. The van der Waals surface area contributed by atoms with Crippen LogP contribution in [0.25, 0.3) is 0 Å². The van der Waals surface area contributed by atoms with Crippen molar-refractivity contribution in [2.75, 3.05) is 5.73 Å². The van der Waals surface area contributed by atoms with Gasteiger partial charge in [0.15, 0.2) is 5.78 Å². The number of carboxylic acids is 1. The Bertz CT molecular complexity index is 2120. The lowest BCUT2D eigenvalue weighted by Crippen LogP contribution is -2.52. The normalized spacial score (nSPS) is 12.9. The minimum absolute atomic E-state index is 0.0523. The van der Waals surface area contributed by atoms with Gasteiger partial charge in [0.25, 0.3) is 0 Å². The standard InChI is InChI=1S/C28H39N5O5.C20H29N3O6/c1-18-20(12-16-24(29)31-18)11-15-23(34)21(14-17-25(30)35)32-26(36)22(33-27(37)38-28(2,3)4)13-10-19-8-6-5-7-9-19;1-20(2,3)29-19(28)23-14(10-9-13-7-5-4-6-8-13)17(25)22-15(18(26)27)11-12-16(21)24/h5-9,12,16,21-22H,10-11,13-15,17H2,1-4H3,(H2,29,31)(H2,30,35)(H,32,36)(H,33,37);4-8,14-15H,9-12H2,1-3H3,(H2,21,24)(H,22,25)(H,23,28)(H,26,27)/t21-,22+;14-,15+/m01/s1. The second-order valence-electron chi connectivity index (χ2n) is 17.9. The summed E-state index contributed by atoms with van der Waals surface area (Å²) in [6.07, 6.45) is 0.139. The quantitative estimate of drug-likeness (QED) is 0.0665. The van der Waals surface area contributed by atoms with Gasteiger partial charge >= 0.3 is 18.2 Å². The van der Waals surface area contributed by atoms with E-state index in [2.05, 4.69) is 26.3 Å². The maximum Gasteiger partial charge on any atom is 0.408 e. The summed E-state index contributed by atoms with van der Waals surface area (Å²) >= 11 is 0. The number of hydrogen-bond donors (Lipinski definition) is 8. The lowest BCUT2D eigenvalue weighted by atomic mass is 9.98. The minimum atomic E-state index is -1.30. The highest BCUT2D eigenvalue weighted by molar-refractivity contribution is 5.93. The van der Waals surface area contributed by atoms with E-state index in [0.717, 1.165) is 22.4 Å². The van der Waals surface area contributed by atoms with E-state index in [0.29, 0.717) is 25.1 Å². The summed E-state index contributed by atoms with van der Waals surface area (Å²) < 4.78 is 10.5. The first-order valence-corrected chi connectivity index (χ1v) is 22.0. The third-order valence-corrected chi connectivity index (χ3v) is 9.68. The average Bonchev–Trinajstić information content (AvgIpc) is 3.22. The third kappa shape index (κ3) is 24.2. The minimum Gasteiger partial charge on any atom is -0.480 e. The van der Waals surface area contributed by atoms with E-state index in [9.17, 15) is 43.5 Å². The molecule has 11 N–H and O–H groups in total. The lowest BCUT2D eigenvalue weighted by molar-refractivity contribution is -0.142. The summed E-state index contributed by atoms with van der Waals surface area (Å²) in [7, 11) is 0. The monoisotopic (exact) mass is 933 g/mol. The maximum atomic E-state index is 13.3. The molecule has 0 saturated carbocycles. The summed E-state index contributed by atoms with van der Waals surface area (Å²) in [5.41, 5.74) is 18.1. The van der Waals surface area contributed by atoms with Crippen molar-refractivity contribution in [2.45, 2.75) is 148 Å². The molecule has 0 aliphatic rings. The van der Waals surface area contributed by atoms with Gasteiger partial charge in [-0.25, -0.2) is 19.4 Å². The zero-order valence-electron chi connectivity index (χ0n) is 39.5. The molecule has 6 amide bonds. The molecule has 4 atom stereocenters. The molecule has 19 heteroatoms. The van der Waals surface area contributed by atoms with Crippen molar-refractivity contribution in [3.8, 4) is 0 Å². The first-order chi connectivity index (χ1) is 31.3. The molecule has 1 aromatic heterocycles. The van der Waals surface area contributed by atoms with Crippen LogP contribution in [0.3, 0.4) is 0 Å². The number of primary amides is 2. The number of amides is 6. The highest BCUT2D eigenvalue weighted by Gasteiger charge is 2.30. The van der Waals surface area contributed by atoms with Crippen LogP contribution in [0.4, 0.5) is 15.4 Å². The number of carbonyl (C=O) groups is 8. The fourth-order valence-corrected chi connectivity index (χ4v) is 6.34. The molecule has 0 fully saturated rings. The molecule has 0 radical (unpaired) electrons. The van der Waals surface area contributed by atoms with E-state index >= 15 is 0 Å². The average molecular weight is 933 g/mol. The molecule has 67 heavy (non-hydrogen) atoms. The number of nitrogens with zero attached hydrogens (tertiary/aromatic N) is 1. The van der Waals surface area contributed by atoms with Crippen LogP contribution in [-0.4, -0.2) is 93.0 Å². The topological polar surface area (TPSA) is 314 Å². The summed E-state index contributed by atoms with van der Waals surface area (Å²) in [5, 5.41) is 19.5. The second kappa shape index (κ2) is 27.4. The Kier molecular flexibility index (Phi) is 23.0. The Hall–Kier alpha value is -7.05. The van der Waals surface area contributed by atoms with Crippen LogP contribution in [0, 0.1) is 6.92 Å². The number of ketones is 1. The van der Waals surface area contributed by atoms with Crippen LogP contribution < -0.4 is 38.5 Å². The fourth-order valence-electron chi connectivity index (χ4n) is 6.34. The van der Waals surface area contributed by atoms with Crippen molar-refractivity contribution in [1.29, 1.82) is 0 Å². The van der Waals surface area contributed by atoms with Gasteiger partial charge in [0.1, 0.15) is 35.1 Å². The number of aryl methyl sites for hydroxylation is 4. The van der Waals surface area contributed by atoms with Crippen LogP contribution in [0.2, 0.25) is 0 Å². The number of hydrogen-bond acceptors (Lipinski definition) is 12. The molecule has 2 aromatic carbocycles. The number of alkyl carbamates (subject to hydrolysis) is 2. The number of nitrogens with two attached hydrogens (primary N) is 3. The summed E-state index contributed by atoms with van der Waals surface area (Å²) in [6.45, 7) is 12.1. The van der Waals surface area contributed by atoms with Gasteiger partial charge in [-0.05, 0) is 116 Å². The first kappa shape index (κ1) is 56.1. The van der Waals surface area contributed by atoms with Gasteiger partial charge in [0, 0.05) is 25.0 Å². The van der Waals surface area contributed by atoms with Gasteiger partial charge < -0.3 is 53.0 Å². The molecule has 0 aliphatic heterocycles. The molecule has 1 heterocycles. The predicted molar refractivity (Wildman–Crippen MR) is 251 cm³/mol. The molecule has 366 valence electrons. The SMILES string of the molecule is CC(C)(C)OC(=O)N[C@H](CCc1ccccc1)C(=O)N[C@@H](CCC(N)=O)C(=O)O.Cc1nc(N)ccc1CCC(=O)[C@H](CCC(N)=O)NC(=O)[C@@H](CCc1ccccc1)NC(=O)OC(C)(C)C. The zero-order chi connectivity index (χ0) is 50.3. The largest absolute Gasteiger partial charge is 0.480 e. The van der Waals surface area contributed by atoms with Crippen LogP contribution in [0.5, 0.6) is 0 Å². The van der Waals surface area contributed by atoms with Crippen molar-refractivity contribution in [2.24, 2.45) is 11.5 Å². The zero-order valence-corrected chi connectivity index (χ0v) is 39.5. The number of aliphatic carboxylic acids is 1. The summed E-state index contributed by atoms with van der Waals surface area (Å²) in [5.74, 6) is -3.62. The van der Waals surface area contributed by atoms with Crippen LogP contribution in [0.15, 0.2) is 72.8 Å². The first-order valence-electron chi connectivity index (χ1n) is 22.0. The highest BCUT2D eigenvalue weighted by atomic mass is 16.6. The van der Waals surface area contributed by atoms with Gasteiger partial charge in [0.05, 0.1) is 6.04 Å². The van der Waals surface area contributed by atoms with Gasteiger partial charge in [-0.1, -0.05) is 66.7 Å². The number of aromatic nitrogens is 1. The number of carbonyl (C=O) groups excluding carboxylic acids is 7. The molecule has 19 nitrogen and oxygen atoms in total. The van der Waals surface area contributed by atoms with Crippen molar-refractivity contribution >= 4 is 53.4 Å².